The Morgan fingerprint density at radius 1 is 1.35 bits per heavy atom. The monoisotopic (exact) mass is 379 g/mol. The molecule has 7 nitrogen and oxygen atoms in total. The van der Waals surface area contributed by atoms with Gasteiger partial charge in [0.1, 0.15) is 0 Å². The van der Waals surface area contributed by atoms with E-state index in [2.05, 4.69) is 14.9 Å². The molecule has 2 aliphatic rings. The summed E-state index contributed by atoms with van der Waals surface area (Å²) in [6.45, 7) is 6.47. The molecule has 1 fully saturated rings. The van der Waals surface area contributed by atoms with Crippen molar-refractivity contribution in [2.45, 2.75) is 32.1 Å². The van der Waals surface area contributed by atoms with Crippen molar-refractivity contribution in [2.24, 2.45) is 11.8 Å². The first-order valence-electron chi connectivity index (χ1n) is 8.51. The van der Waals surface area contributed by atoms with Gasteiger partial charge in [-0.2, -0.15) is 13.2 Å². The molecule has 2 aliphatic heterocycles. The summed E-state index contributed by atoms with van der Waals surface area (Å²) >= 11 is 0. The molecule has 0 radical (unpaired) electrons. The number of ether oxygens (including phenoxy) is 2. The number of carboxylic acid groups (broad SMARTS) is 1. The number of halogens is 3. The Balaban J connectivity index is 0.000000298. The quantitative estimate of drug-likeness (QED) is 0.828. The summed E-state index contributed by atoms with van der Waals surface area (Å²) < 4.78 is 45.3. The average Bonchev–Trinajstić information content (AvgIpc) is 2.94. The molecule has 2 N–H and O–H groups in total. The molecule has 1 saturated heterocycles. The number of nitrogens with zero attached hydrogens (tertiary/aromatic N) is 2. The van der Waals surface area contributed by atoms with Crippen LogP contribution in [-0.2, 0) is 27.4 Å². The van der Waals surface area contributed by atoms with E-state index in [0.29, 0.717) is 11.8 Å². The van der Waals surface area contributed by atoms with Crippen LogP contribution in [0.4, 0.5) is 13.2 Å². The lowest BCUT2D eigenvalue weighted by Crippen LogP contribution is -2.27. The molecule has 0 saturated carbocycles. The second kappa shape index (κ2) is 9.89. The molecule has 0 bridgehead atoms. The third-order valence-electron chi connectivity index (χ3n) is 4.28. The minimum atomic E-state index is -5.08. The molecule has 1 aromatic heterocycles. The smallest absolute Gasteiger partial charge is 0.475 e. The van der Waals surface area contributed by atoms with Gasteiger partial charge < -0.3 is 24.5 Å². The number of imidazole rings is 1. The van der Waals surface area contributed by atoms with Crippen molar-refractivity contribution in [1.82, 2.24) is 14.9 Å². The fourth-order valence-corrected chi connectivity index (χ4v) is 2.83. The fourth-order valence-electron chi connectivity index (χ4n) is 2.83. The summed E-state index contributed by atoms with van der Waals surface area (Å²) in [6.07, 6.45) is 1.08. The molecule has 1 unspecified atom stereocenters. The largest absolute Gasteiger partial charge is 0.490 e. The first kappa shape index (κ1) is 20.7. The highest BCUT2D eigenvalue weighted by molar-refractivity contribution is 5.73. The number of alkyl halides is 3. The highest BCUT2D eigenvalue weighted by atomic mass is 19.4. The van der Waals surface area contributed by atoms with Crippen LogP contribution in [0.15, 0.2) is 12.5 Å². The van der Waals surface area contributed by atoms with Crippen molar-refractivity contribution >= 4 is 5.97 Å². The van der Waals surface area contributed by atoms with Crippen LogP contribution >= 0.6 is 0 Å². The number of aliphatic carboxylic acids is 1. The number of carbonyl (C=O) groups is 1. The third kappa shape index (κ3) is 6.93. The Hall–Kier alpha value is -1.65. The summed E-state index contributed by atoms with van der Waals surface area (Å²) in [5.41, 5.74) is 1.27. The normalized spacial score (nSPS) is 21.3. The van der Waals surface area contributed by atoms with E-state index in [-0.39, 0.29) is 0 Å². The Kier molecular flexibility index (Phi) is 7.85. The van der Waals surface area contributed by atoms with E-state index in [0.717, 1.165) is 58.9 Å². The lowest BCUT2D eigenvalue weighted by atomic mass is 10.0. The molecule has 1 atom stereocenters. The fraction of sp³-hybridized carbons (Fsp3) is 0.750. The molecular formula is C16H24F3N3O4. The van der Waals surface area contributed by atoms with Gasteiger partial charge in [0.15, 0.2) is 0 Å². The maximum Gasteiger partial charge on any atom is 0.490 e. The van der Waals surface area contributed by atoms with E-state index in [1.165, 1.54) is 5.69 Å². The maximum absolute atomic E-state index is 10.6. The third-order valence-corrected chi connectivity index (χ3v) is 4.28. The van der Waals surface area contributed by atoms with Crippen LogP contribution in [0.2, 0.25) is 0 Å². The van der Waals surface area contributed by atoms with E-state index in [1.807, 2.05) is 12.5 Å². The Morgan fingerprint density at radius 3 is 2.65 bits per heavy atom. The van der Waals surface area contributed by atoms with E-state index >= 15 is 0 Å². The first-order valence-corrected chi connectivity index (χ1v) is 8.51. The Labute approximate surface area is 149 Å². The van der Waals surface area contributed by atoms with Gasteiger partial charge in [0.05, 0.1) is 18.6 Å². The highest BCUT2D eigenvalue weighted by Gasteiger charge is 2.38. The van der Waals surface area contributed by atoms with Crippen molar-refractivity contribution in [3.8, 4) is 0 Å². The molecule has 0 aromatic carbocycles. The van der Waals surface area contributed by atoms with E-state index in [9.17, 15) is 13.2 Å². The lowest BCUT2D eigenvalue weighted by Gasteiger charge is -2.23. The van der Waals surface area contributed by atoms with Crippen molar-refractivity contribution in [2.75, 3.05) is 33.0 Å². The van der Waals surface area contributed by atoms with Crippen LogP contribution in [0.25, 0.3) is 0 Å². The zero-order chi connectivity index (χ0) is 19.0. The summed E-state index contributed by atoms with van der Waals surface area (Å²) in [4.78, 5) is 13.1. The summed E-state index contributed by atoms with van der Waals surface area (Å²) in [7, 11) is 0. The van der Waals surface area contributed by atoms with Crippen molar-refractivity contribution < 1.29 is 32.5 Å². The van der Waals surface area contributed by atoms with Gasteiger partial charge in [0.25, 0.3) is 0 Å². The van der Waals surface area contributed by atoms with Crippen LogP contribution < -0.4 is 5.32 Å². The number of nitrogens with one attached hydrogen (secondary N) is 1. The molecule has 0 spiro atoms. The number of hydrogen-bond acceptors (Lipinski definition) is 5. The molecule has 0 amide bonds. The molecule has 1 aromatic rings. The van der Waals surface area contributed by atoms with Crippen LogP contribution in [0.5, 0.6) is 0 Å². The number of hydrogen-bond donors (Lipinski definition) is 2. The zero-order valence-electron chi connectivity index (χ0n) is 14.4. The molecule has 10 heteroatoms. The van der Waals surface area contributed by atoms with Gasteiger partial charge in [0, 0.05) is 51.6 Å². The van der Waals surface area contributed by atoms with Gasteiger partial charge in [-0.3, -0.25) is 0 Å². The van der Waals surface area contributed by atoms with Crippen molar-refractivity contribution in [3.63, 3.8) is 0 Å². The molecular weight excluding hydrogens is 355 g/mol. The standard InChI is InChI=1S/C14H23N3O2.C2HF3O2/c1-3-18-4-2-12(1)9-19-10-13-5-15-6-14-7-16-11-17(14)8-13;3-2(4,5)1(6)7/h7,11-13,15H,1-6,8-10H2;(H,6,7). The molecule has 26 heavy (non-hydrogen) atoms. The predicted octanol–water partition coefficient (Wildman–Crippen LogP) is 1.68. The van der Waals surface area contributed by atoms with Crippen molar-refractivity contribution in [1.29, 1.82) is 0 Å². The Bertz CT molecular complexity index is 559. The number of rotatable bonds is 4. The van der Waals surface area contributed by atoms with E-state index < -0.39 is 12.1 Å². The number of carboxylic acids is 1. The van der Waals surface area contributed by atoms with Crippen LogP contribution in [0, 0.1) is 11.8 Å². The molecule has 0 aliphatic carbocycles. The van der Waals surface area contributed by atoms with Crippen LogP contribution in [0.3, 0.4) is 0 Å². The minimum absolute atomic E-state index is 0.537. The number of fused-ring (bicyclic) bond motifs is 1. The topological polar surface area (TPSA) is 85.6 Å². The second-order valence-electron chi connectivity index (χ2n) is 6.43. The first-order chi connectivity index (χ1) is 12.4. The summed E-state index contributed by atoms with van der Waals surface area (Å²) in [6, 6.07) is 0. The van der Waals surface area contributed by atoms with Gasteiger partial charge >= 0.3 is 12.1 Å². The maximum atomic E-state index is 10.6. The lowest BCUT2D eigenvalue weighted by molar-refractivity contribution is -0.192. The van der Waals surface area contributed by atoms with Crippen LogP contribution in [-0.4, -0.2) is 59.8 Å². The zero-order valence-corrected chi connectivity index (χ0v) is 14.4. The molecule has 3 heterocycles. The highest BCUT2D eigenvalue weighted by Crippen LogP contribution is 2.16. The van der Waals surface area contributed by atoms with Gasteiger partial charge in [0.2, 0.25) is 0 Å². The van der Waals surface area contributed by atoms with E-state index in [4.69, 9.17) is 19.4 Å². The minimum Gasteiger partial charge on any atom is -0.475 e. The summed E-state index contributed by atoms with van der Waals surface area (Å²) in [5.74, 6) is -1.53. The summed E-state index contributed by atoms with van der Waals surface area (Å²) in [5, 5.41) is 10.6. The van der Waals surface area contributed by atoms with Gasteiger partial charge in [-0.05, 0) is 18.8 Å². The molecule has 3 rings (SSSR count). The van der Waals surface area contributed by atoms with Crippen molar-refractivity contribution in [3.05, 3.63) is 18.2 Å². The van der Waals surface area contributed by atoms with Gasteiger partial charge in [-0.15, -0.1) is 0 Å². The predicted molar refractivity (Wildman–Crippen MR) is 85.5 cm³/mol. The van der Waals surface area contributed by atoms with Crippen LogP contribution in [0.1, 0.15) is 18.5 Å². The van der Waals surface area contributed by atoms with E-state index in [1.54, 1.807) is 0 Å². The SMILES string of the molecule is O=C(O)C(F)(F)F.c1ncn2c1CNCC(COCC1CCOCC1)C2. The Morgan fingerprint density at radius 2 is 2.00 bits per heavy atom. The molecule has 148 valence electrons. The number of aromatic nitrogens is 2. The van der Waals surface area contributed by atoms with Gasteiger partial charge in [-0.25, -0.2) is 9.78 Å². The van der Waals surface area contributed by atoms with Gasteiger partial charge in [-0.1, -0.05) is 0 Å². The average molecular weight is 379 g/mol. The second-order valence-corrected chi connectivity index (χ2v) is 6.43.